The maximum atomic E-state index is 5.61. The van der Waals surface area contributed by atoms with E-state index in [4.69, 9.17) is 11.5 Å². The van der Waals surface area contributed by atoms with Gasteiger partial charge in [-0.1, -0.05) is 18.1 Å². The van der Waals surface area contributed by atoms with Gasteiger partial charge in [0.25, 0.3) is 0 Å². The number of benzene rings is 1. The van der Waals surface area contributed by atoms with E-state index in [0.717, 1.165) is 41.4 Å². The van der Waals surface area contributed by atoms with E-state index in [2.05, 4.69) is 39.1 Å². The summed E-state index contributed by atoms with van der Waals surface area (Å²) in [6.07, 6.45) is 12.0. The molecule has 1 saturated carbocycles. The van der Waals surface area contributed by atoms with Gasteiger partial charge in [-0.3, -0.25) is 9.67 Å². The fourth-order valence-electron chi connectivity index (χ4n) is 3.90. The lowest BCUT2D eigenvalue weighted by atomic mass is 9.97. The van der Waals surface area contributed by atoms with Crippen LogP contribution in [0.1, 0.15) is 24.1 Å². The Hall–Kier alpha value is -2.90. The van der Waals surface area contributed by atoms with Crippen molar-refractivity contribution in [1.82, 2.24) is 20.1 Å². The molecule has 3 aromatic rings. The predicted molar refractivity (Wildman–Crippen MR) is 102 cm³/mol. The highest BCUT2D eigenvalue weighted by Crippen LogP contribution is 2.39. The summed E-state index contributed by atoms with van der Waals surface area (Å²) in [6.45, 7) is 1.79. The first-order chi connectivity index (χ1) is 12.8. The molecule has 0 saturated heterocycles. The molecule has 0 unspecified atom stereocenters. The molecule has 26 heavy (non-hydrogen) atoms. The van der Waals surface area contributed by atoms with Crippen LogP contribution in [-0.2, 0) is 13.1 Å². The molecule has 0 amide bonds. The van der Waals surface area contributed by atoms with Crippen LogP contribution < -0.4 is 5.32 Å². The second kappa shape index (κ2) is 6.12. The lowest BCUT2D eigenvalue weighted by molar-refractivity contribution is 0.339. The van der Waals surface area contributed by atoms with Crippen LogP contribution in [0.3, 0.4) is 0 Å². The smallest absolute Gasteiger partial charge is 0.101 e. The van der Waals surface area contributed by atoms with Gasteiger partial charge in [-0.15, -0.1) is 6.42 Å². The van der Waals surface area contributed by atoms with Crippen molar-refractivity contribution in [1.29, 1.82) is 0 Å². The second-order valence-electron chi connectivity index (χ2n) is 7.14. The number of nitrogens with one attached hydrogen (secondary N) is 1. The van der Waals surface area contributed by atoms with Gasteiger partial charge in [-0.2, -0.15) is 5.10 Å². The molecule has 4 heteroatoms. The minimum Gasteiger partial charge on any atom is -0.306 e. The Morgan fingerprint density at radius 3 is 2.73 bits per heavy atom. The molecule has 1 aromatic carbocycles. The summed E-state index contributed by atoms with van der Waals surface area (Å²) in [5, 5.41) is 8.75. The maximum Gasteiger partial charge on any atom is 0.101 e. The Bertz CT molecular complexity index is 993. The van der Waals surface area contributed by atoms with Gasteiger partial charge in [-0.25, -0.2) is 0 Å². The standard InChI is InChI=1S/C22H20N4/c1-2-15-4-3-5-18(12-15)22-21(17-8-10-23-11-9-17)20-13-24-19(16-6-7-16)14-26(20)25-22/h1,3-5,8-12,16,19,24H,6-7,13-14H2/t19-/m1/s1. The van der Waals surface area contributed by atoms with Gasteiger partial charge in [0.15, 0.2) is 0 Å². The van der Waals surface area contributed by atoms with Crippen molar-refractivity contribution in [2.75, 3.05) is 0 Å². The van der Waals surface area contributed by atoms with Gasteiger partial charge in [0.1, 0.15) is 5.69 Å². The molecule has 5 rings (SSSR count). The van der Waals surface area contributed by atoms with Crippen LogP contribution in [0.5, 0.6) is 0 Å². The third kappa shape index (κ3) is 2.61. The fraction of sp³-hybridized carbons (Fsp3) is 0.273. The summed E-state index contributed by atoms with van der Waals surface area (Å²) >= 11 is 0. The largest absolute Gasteiger partial charge is 0.306 e. The third-order valence-corrected chi connectivity index (χ3v) is 5.42. The SMILES string of the molecule is C#Cc1cccc(-c2nn3c(c2-c2ccncc2)CN[C@@H](C2CC2)C3)c1. The molecule has 2 aromatic heterocycles. The number of hydrogen-bond donors (Lipinski definition) is 1. The molecular weight excluding hydrogens is 320 g/mol. The van der Waals surface area contributed by atoms with E-state index in [0.29, 0.717) is 6.04 Å². The van der Waals surface area contributed by atoms with Gasteiger partial charge < -0.3 is 5.32 Å². The molecule has 128 valence electrons. The Morgan fingerprint density at radius 2 is 1.96 bits per heavy atom. The zero-order chi connectivity index (χ0) is 17.5. The molecule has 0 radical (unpaired) electrons. The van der Waals surface area contributed by atoms with Crippen LogP contribution in [0.15, 0.2) is 48.8 Å². The first-order valence-corrected chi connectivity index (χ1v) is 9.14. The molecule has 2 aliphatic rings. The van der Waals surface area contributed by atoms with E-state index in [1.165, 1.54) is 24.1 Å². The first kappa shape index (κ1) is 15.4. The average Bonchev–Trinajstić information content (AvgIpc) is 3.48. The topological polar surface area (TPSA) is 42.7 Å². The number of terminal acetylenes is 1. The van der Waals surface area contributed by atoms with Crippen molar-refractivity contribution in [3.63, 3.8) is 0 Å². The Morgan fingerprint density at radius 1 is 1.12 bits per heavy atom. The van der Waals surface area contributed by atoms with E-state index in [-0.39, 0.29) is 0 Å². The monoisotopic (exact) mass is 340 g/mol. The lowest BCUT2D eigenvalue weighted by Gasteiger charge is -2.25. The fourth-order valence-corrected chi connectivity index (χ4v) is 3.90. The van der Waals surface area contributed by atoms with Crippen molar-refractivity contribution in [3.8, 4) is 34.7 Å². The number of pyridine rings is 1. The summed E-state index contributed by atoms with van der Waals surface area (Å²) in [4.78, 5) is 4.17. The summed E-state index contributed by atoms with van der Waals surface area (Å²) in [5.41, 5.74) is 6.52. The molecule has 4 nitrogen and oxygen atoms in total. The molecule has 1 fully saturated rings. The lowest BCUT2D eigenvalue weighted by Crippen LogP contribution is -2.40. The minimum absolute atomic E-state index is 0.539. The van der Waals surface area contributed by atoms with Crippen molar-refractivity contribution in [3.05, 3.63) is 60.0 Å². The highest BCUT2D eigenvalue weighted by atomic mass is 15.3. The van der Waals surface area contributed by atoms with Crippen LogP contribution in [0.2, 0.25) is 0 Å². The number of aromatic nitrogens is 3. The number of rotatable bonds is 3. The van der Waals surface area contributed by atoms with Gasteiger partial charge in [0.2, 0.25) is 0 Å². The molecule has 1 atom stereocenters. The van der Waals surface area contributed by atoms with Crippen molar-refractivity contribution < 1.29 is 0 Å². The zero-order valence-electron chi connectivity index (χ0n) is 14.5. The summed E-state index contributed by atoms with van der Waals surface area (Å²) in [7, 11) is 0. The third-order valence-electron chi connectivity index (χ3n) is 5.42. The van der Waals surface area contributed by atoms with Crippen LogP contribution in [0.25, 0.3) is 22.4 Å². The van der Waals surface area contributed by atoms with Gasteiger partial charge in [-0.05, 0) is 48.6 Å². The number of fused-ring (bicyclic) bond motifs is 1. The van der Waals surface area contributed by atoms with Crippen molar-refractivity contribution in [2.45, 2.75) is 32.0 Å². The van der Waals surface area contributed by atoms with Crippen LogP contribution >= 0.6 is 0 Å². The molecule has 0 spiro atoms. The molecule has 0 bridgehead atoms. The molecule has 1 N–H and O–H groups in total. The van der Waals surface area contributed by atoms with Crippen molar-refractivity contribution >= 4 is 0 Å². The van der Waals surface area contributed by atoms with E-state index < -0.39 is 0 Å². The number of nitrogens with zero attached hydrogens (tertiary/aromatic N) is 3. The Balaban J connectivity index is 1.67. The van der Waals surface area contributed by atoms with Crippen LogP contribution in [0.4, 0.5) is 0 Å². The van der Waals surface area contributed by atoms with Crippen LogP contribution in [0, 0.1) is 18.3 Å². The minimum atomic E-state index is 0.539. The molecule has 1 aliphatic heterocycles. The quantitative estimate of drug-likeness (QED) is 0.743. The van der Waals surface area contributed by atoms with Gasteiger partial charge >= 0.3 is 0 Å². The van der Waals surface area contributed by atoms with Gasteiger partial charge in [0, 0.05) is 41.7 Å². The number of hydrogen-bond acceptors (Lipinski definition) is 3. The van der Waals surface area contributed by atoms with Crippen molar-refractivity contribution in [2.24, 2.45) is 5.92 Å². The molecule has 3 heterocycles. The highest BCUT2D eigenvalue weighted by molar-refractivity contribution is 5.83. The van der Waals surface area contributed by atoms with Gasteiger partial charge in [0.05, 0.1) is 12.2 Å². The Labute approximate surface area is 153 Å². The van der Waals surface area contributed by atoms with E-state index in [1.54, 1.807) is 0 Å². The summed E-state index contributed by atoms with van der Waals surface area (Å²) < 4.78 is 2.20. The maximum absolute atomic E-state index is 5.61. The average molecular weight is 340 g/mol. The summed E-state index contributed by atoms with van der Waals surface area (Å²) in [5.74, 6) is 3.54. The molecule has 1 aliphatic carbocycles. The first-order valence-electron chi connectivity index (χ1n) is 9.14. The second-order valence-corrected chi connectivity index (χ2v) is 7.14. The van der Waals surface area contributed by atoms with Crippen LogP contribution in [-0.4, -0.2) is 20.8 Å². The zero-order valence-corrected chi connectivity index (χ0v) is 14.5. The Kier molecular flexibility index (Phi) is 3.62. The van der Waals surface area contributed by atoms with E-state index >= 15 is 0 Å². The highest BCUT2D eigenvalue weighted by Gasteiger charge is 2.35. The molecular formula is C22H20N4. The predicted octanol–water partition coefficient (Wildman–Crippen LogP) is 3.48. The van der Waals surface area contributed by atoms with E-state index in [1.807, 2.05) is 30.6 Å². The normalized spacial score (nSPS) is 19.0. The summed E-state index contributed by atoms with van der Waals surface area (Å²) in [6, 6.07) is 12.7. The van der Waals surface area contributed by atoms with E-state index in [9.17, 15) is 0 Å².